The summed E-state index contributed by atoms with van der Waals surface area (Å²) >= 11 is 0. The van der Waals surface area contributed by atoms with E-state index in [1.165, 1.54) is 19.4 Å². The van der Waals surface area contributed by atoms with Crippen LogP contribution >= 0.6 is 0 Å². The van der Waals surface area contributed by atoms with Crippen LogP contribution in [0.4, 0.5) is 0 Å². The summed E-state index contributed by atoms with van der Waals surface area (Å²) < 4.78 is 0. The lowest BCUT2D eigenvalue weighted by molar-refractivity contribution is 0.217. The summed E-state index contributed by atoms with van der Waals surface area (Å²) in [6.45, 7) is 15.9. The average molecular weight is 214 g/mol. The Morgan fingerprint density at radius 3 is 2.00 bits per heavy atom. The predicted octanol–water partition coefficient (Wildman–Crippen LogP) is 2.88. The molecule has 0 aromatic heterocycles. The minimum Gasteiger partial charge on any atom is -0.312 e. The summed E-state index contributed by atoms with van der Waals surface area (Å²) in [4.78, 5) is 2.53. The van der Waals surface area contributed by atoms with Crippen LogP contribution < -0.4 is 5.32 Å². The number of nitrogens with zero attached hydrogens (tertiary/aromatic N) is 1. The maximum Gasteiger partial charge on any atom is 0.00789 e. The molecule has 1 atom stereocenters. The lowest BCUT2D eigenvalue weighted by Gasteiger charge is -2.28. The topological polar surface area (TPSA) is 15.3 Å². The van der Waals surface area contributed by atoms with Crippen LogP contribution in [0.5, 0.6) is 0 Å². The Morgan fingerprint density at radius 1 is 1.07 bits per heavy atom. The number of hydrogen-bond donors (Lipinski definition) is 1. The molecule has 0 bridgehead atoms. The summed E-state index contributed by atoms with van der Waals surface area (Å²) in [6.07, 6.45) is 2.49. The van der Waals surface area contributed by atoms with Gasteiger partial charge in [-0.2, -0.15) is 0 Å². The molecule has 1 N–H and O–H groups in total. The first-order chi connectivity index (χ1) is 7.01. The SMILES string of the molecule is CCC(CCN(CC)C(C)C)NC(C)C. The van der Waals surface area contributed by atoms with Gasteiger partial charge in [0.1, 0.15) is 0 Å². The smallest absolute Gasteiger partial charge is 0.00789 e. The van der Waals surface area contributed by atoms with Crippen molar-refractivity contribution >= 4 is 0 Å². The van der Waals surface area contributed by atoms with E-state index in [1.54, 1.807) is 0 Å². The standard InChI is InChI=1S/C13H30N2/c1-7-13(14-11(3)4)9-10-15(8-2)12(5)6/h11-14H,7-10H2,1-6H3. The molecule has 0 fully saturated rings. The summed E-state index contributed by atoms with van der Waals surface area (Å²) in [5.74, 6) is 0. The highest BCUT2D eigenvalue weighted by atomic mass is 15.1. The molecule has 0 aliphatic carbocycles. The van der Waals surface area contributed by atoms with E-state index in [1.807, 2.05) is 0 Å². The minimum absolute atomic E-state index is 0.601. The second kappa shape index (κ2) is 8.12. The fourth-order valence-electron chi connectivity index (χ4n) is 1.98. The van der Waals surface area contributed by atoms with E-state index < -0.39 is 0 Å². The van der Waals surface area contributed by atoms with E-state index in [2.05, 4.69) is 51.8 Å². The first-order valence-electron chi connectivity index (χ1n) is 6.51. The first kappa shape index (κ1) is 14.9. The van der Waals surface area contributed by atoms with Crippen LogP contribution in [0, 0.1) is 0 Å². The van der Waals surface area contributed by atoms with E-state index >= 15 is 0 Å². The van der Waals surface area contributed by atoms with Crippen molar-refractivity contribution in [3.8, 4) is 0 Å². The van der Waals surface area contributed by atoms with Crippen LogP contribution in [0.25, 0.3) is 0 Å². The molecule has 0 heterocycles. The van der Waals surface area contributed by atoms with Gasteiger partial charge in [-0.3, -0.25) is 0 Å². The van der Waals surface area contributed by atoms with Crippen LogP contribution in [-0.2, 0) is 0 Å². The monoisotopic (exact) mass is 214 g/mol. The van der Waals surface area contributed by atoms with E-state index in [0.717, 1.165) is 6.54 Å². The van der Waals surface area contributed by atoms with Gasteiger partial charge in [0.05, 0.1) is 0 Å². The Bertz CT molecular complexity index is 143. The predicted molar refractivity (Wildman–Crippen MR) is 69.4 cm³/mol. The molecule has 92 valence electrons. The van der Waals surface area contributed by atoms with Gasteiger partial charge in [-0.15, -0.1) is 0 Å². The van der Waals surface area contributed by atoms with Crippen molar-refractivity contribution in [1.29, 1.82) is 0 Å². The quantitative estimate of drug-likeness (QED) is 0.668. The molecule has 0 radical (unpaired) electrons. The summed E-state index contributed by atoms with van der Waals surface area (Å²) in [7, 11) is 0. The molecule has 0 aliphatic heterocycles. The van der Waals surface area contributed by atoms with Gasteiger partial charge >= 0.3 is 0 Å². The van der Waals surface area contributed by atoms with Crippen LogP contribution in [0.15, 0.2) is 0 Å². The maximum atomic E-state index is 3.62. The van der Waals surface area contributed by atoms with E-state index in [9.17, 15) is 0 Å². The van der Waals surface area contributed by atoms with Crippen molar-refractivity contribution in [3.63, 3.8) is 0 Å². The van der Waals surface area contributed by atoms with Crippen molar-refractivity contribution < 1.29 is 0 Å². The van der Waals surface area contributed by atoms with Gasteiger partial charge in [0, 0.05) is 18.1 Å². The summed E-state index contributed by atoms with van der Waals surface area (Å²) in [5, 5.41) is 3.62. The Morgan fingerprint density at radius 2 is 1.67 bits per heavy atom. The number of rotatable bonds is 8. The van der Waals surface area contributed by atoms with Crippen LogP contribution in [0.2, 0.25) is 0 Å². The van der Waals surface area contributed by atoms with Crippen LogP contribution in [-0.4, -0.2) is 36.1 Å². The third kappa shape index (κ3) is 6.91. The van der Waals surface area contributed by atoms with Gasteiger partial charge in [-0.05, 0) is 39.8 Å². The molecule has 2 heteroatoms. The Hall–Kier alpha value is -0.0800. The number of hydrogen-bond acceptors (Lipinski definition) is 2. The van der Waals surface area contributed by atoms with Crippen molar-refractivity contribution in [2.45, 2.75) is 72.5 Å². The van der Waals surface area contributed by atoms with Gasteiger partial charge in [0.25, 0.3) is 0 Å². The Kier molecular flexibility index (Phi) is 8.07. The van der Waals surface area contributed by atoms with Crippen molar-refractivity contribution in [3.05, 3.63) is 0 Å². The zero-order valence-electron chi connectivity index (χ0n) is 11.5. The van der Waals surface area contributed by atoms with Gasteiger partial charge in [-0.25, -0.2) is 0 Å². The van der Waals surface area contributed by atoms with E-state index in [4.69, 9.17) is 0 Å². The fraction of sp³-hybridized carbons (Fsp3) is 1.00. The zero-order chi connectivity index (χ0) is 11.8. The molecule has 0 spiro atoms. The lowest BCUT2D eigenvalue weighted by atomic mass is 10.1. The molecule has 2 nitrogen and oxygen atoms in total. The molecule has 0 aromatic rings. The molecule has 1 unspecified atom stereocenters. The van der Waals surface area contributed by atoms with Crippen LogP contribution in [0.1, 0.15) is 54.4 Å². The van der Waals surface area contributed by atoms with E-state index in [0.29, 0.717) is 18.1 Å². The molecular weight excluding hydrogens is 184 g/mol. The van der Waals surface area contributed by atoms with Gasteiger partial charge in [0.2, 0.25) is 0 Å². The molecular formula is C13H30N2. The first-order valence-corrected chi connectivity index (χ1v) is 6.51. The van der Waals surface area contributed by atoms with Gasteiger partial charge in [-0.1, -0.05) is 27.7 Å². The van der Waals surface area contributed by atoms with E-state index in [-0.39, 0.29) is 0 Å². The van der Waals surface area contributed by atoms with Crippen molar-refractivity contribution in [1.82, 2.24) is 10.2 Å². The molecule has 0 amide bonds. The molecule has 0 aromatic carbocycles. The summed E-state index contributed by atoms with van der Waals surface area (Å²) in [5.41, 5.74) is 0. The third-order valence-corrected chi connectivity index (χ3v) is 2.96. The highest BCUT2D eigenvalue weighted by Gasteiger charge is 2.11. The van der Waals surface area contributed by atoms with Crippen molar-refractivity contribution in [2.24, 2.45) is 0 Å². The minimum atomic E-state index is 0.601. The van der Waals surface area contributed by atoms with Crippen molar-refractivity contribution in [2.75, 3.05) is 13.1 Å². The molecule has 15 heavy (non-hydrogen) atoms. The molecule has 0 rings (SSSR count). The second-order valence-electron chi connectivity index (χ2n) is 4.94. The highest BCUT2D eigenvalue weighted by molar-refractivity contribution is 4.71. The van der Waals surface area contributed by atoms with Crippen LogP contribution in [0.3, 0.4) is 0 Å². The molecule has 0 saturated carbocycles. The maximum absolute atomic E-state index is 3.62. The largest absolute Gasteiger partial charge is 0.312 e. The fourth-order valence-corrected chi connectivity index (χ4v) is 1.98. The highest BCUT2D eigenvalue weighted by Crippen LogP contribution is 2.04. The number of nitrogens with one attached hydrogen (secondary N) is 1. The van der Waals surface area contributed by atoms with Gasteiger partial charge in [0.15, 0.2) is 0 Å². The Balaban J connectivity index is 3.87. The second-order valence-corrected chi connectivity index (χ2v) is 4.94. The Labute approximate surface area is 96.4 Å². The van der Waals surface area contributed by atoms with Gasteiger partial charge < -0.3 is 10.2 Å². The average Bonchev–Trinajstić information content (AvgIpc) is 2.15. The third-order valence-electron chi connectivity index (χ3n) is 2.96. The molecule has 0 saturated heterocycles. The summed E-state index contributed by atoms with van der Waals surface area (Å²) in [6, 6.07) is 1.95. The zero-order valence-corrected chi connectivity index (χ0v) is 11.5. The molecule has 0 aliphatic rings. The normalized spacial score (nSPS) is 14.2. The lowest BCUT2D eigenvalue weighted by Crippen LogP contribution is -2.39.